The van der Waals surface area contributed by atoms with Gasteiger partial charge < -0.3 is 5.32 Å². The van der Waals surface area contributed by atoms with Crippen LogP contribution in [0.2, 0.25) is 0 Å². The fourth-order valence-corrected chi connectivity index (χ4v) is 1.76. The molecule has 4 nitrogen and oxygen atoms in total. The Morgan fingerprint density at radius 1 is 1.47 bits per heavy atom. The summed E-state index contributed by atoms with van der Waals surface area (Å²) in [6, 6.07) is 5.54. The number of nitrogens with one attached hydrogen (secondary N) is 1. The number of nitrogens with zero attached hydrogens (tertiary/aromatic N) is 1. The number of nitro groups is 1. The fourth-order valence-electron chi connectivity index (χ4n) is 1.76. The van der Waals surface area contributed by atoms with Crippen LogP contribution in [0.1, 0.15) is 38.7 Å². The molecular formula is C13H20N2O2. The van der Waals surface area contributed by atoms with Crippen molar-refractivity contribution in [3.05, 3.63) is 33.9 Å². The zero-order valence-electron chi connectivity index (χ0n) is 10.7. The average Bonchev–Trinajstić information content (AvgIpc) is 2.28. The Balaban J connectivity index is 2.79. The van der Waals surface area contributed by atoms with Gasteiger partial charge in [0.2, 0.25) is 0 Å². The molecule has 0 aliphatic rings. The minimum absolute atomic E-state index is 0.161. The highest BCUT2D eigenvalue weighted by molar-refractivity contribution is 5.62. The van der Waals surface area contributed by atoms with Gasteiger partial charge in [-0.25, -0.2) is 0 Å². The molecule has 0 aliphatic carbocycles. The molecule has 4 heteroatoms. The molecule has 0 aliphatic heterocycles. The zero-order valence-corrected chi connectivity index (χ0v) is 10.7. The number of hydrogen-bond donors (Lipinski definition) is 1. The van der Waals surface area contributed by atoms with Crippen LogP contribution in [-0.4, -0.2) is 11.0 Å². The summed E-state index contributed by atoms with van der Waals surface area (Å²) in [7, 11) is 0. The summed E-state index contributed by atoms with van der Waals surface area (Å²) in [5.41, 5.74) is 1.68. The Labute approximate surface area is 102 Å². The minimum atomic E-state index is -0.331. The van der Waals surface area contributed by atoms with E-state index in [1.807, 2.05) is 13.0 Å². The van der Waals surface area contributed by atoms with Gasteiger partial charge in [0, 0.05) is 12.1 Å². The minimum Gasteiger partial charge on any atom is -0.377 e. The van der Waals surface area contributed by atoms with E-state index in [2.05, 4.69) is 19.2 Å². The first kappa shape index (κ1) is 13.5. The van der Waals surface area contributed by atoms with Crippen molar-refractivity contribution in [2.24, 2.45) is 0 Å². The molecule has 1 rings (SSSR count). The van der Waals surface area contributed by atoms with Crippen LogP contribution in [0, 0.1) is 17.0 Å². The van der Waals surface area contributed by atoms with Gasteiger partial charge in [-0.15, -0.1) is 0 Å². The van der Waals surface area contributed by atoms with E-state index in [-0.39, 0.29) is 16.7 Å². The third-order valence-corrected chi connectivity index (χ3v) is 2.74. The van der Waals surface area contributed by atoms with Crippen LogP contribution < -0.4 is 5.32 Å². The molecule has 0 heterocycles. The highest BCUT2D eigenvalue weighted by Gasteiger charge is 2.14. The molecular weight excluding hydrogens is 216 g/mol. The molecule has 0 fully saturated rings. The van der Waals surface area contributed by atoms with E-state index >= 15 is 0 Å². The van der Waals surface area contributed by atoms with E-state index in [4.69, 9.17) is 0 Å². The van der Waals surface area contributed by atoms with Crippen LogP contribution in [0.15, 0.2) is 18.2 Å². The topological polar surface area (TPSA) is 55.2 Å². The van der Waals surface area contributed by atoms with Crippen molar-refractivity contribution in [1.82, 2.24) is 0 Å². The van der Waals surface area contributed by atoms with E-state index < -0.39 is 0 Å². The molecule has 17 heavy (non-hydrogen) atoms. The third-order valence-electron chi connectivity index (χ3n) is 2.74. The molecule has 94 valence electrons. The second kappa shape index (κ2) is 6.23. The van der Waals surface area contributed by atoms with E-state index in [0.717, 1.165) is 24.8 Å². The summed E-state index contributed by atoms with van der Waals surface area (Å²) in [6.07, 6.45) is 3.30. The quantitative estimate of drug-likeness (QED) is 0.602. The molecule has 0 saturated carbocycles. The molecule has 0 spiro atoms. The van der Waals surface area contributed by atoms with Crippen LogP contribution in [0.4, 0.5) is 11.4 Å². The number of aryl methyl sites for hydroxylation is 1. The van der Waals surface area contributed by atoms with Crippen LogP contribution in [-0.2, 0) is 0 Å². The predicted molar refractivity (Wildman–Crippen MR) is 70.4 cm³/mol. The second-order valence-electron chi connectivity index (χ2n) is 4.47. The Morgan fingerprint density at radius 2 is 2.18 bits per heavy atom. The van der Waals surface area contributed by atoms with Crippen molar-refractivity contribution in [2.45, 2.75) is 46.1 Å². The van der Waals surface area contributed by atoms with Gasteiger partial charge >= 0.3 is 0 Å². The number of benzene rings is 1. The normalized spacial score (nSPS) is 12.2. The van der Waals surface area contributed by atoms with Gasteiger partial charge in [0.15, 0.2) is 0 Å². The lowest BCUT2D eigenvalue weighted by Crippen LogP contribution is -2.15. The maximum atomic E-state index is 10.9. The van der Waals surface area contributed by atoms with Crippen molar-refractivity contribution in [1.29, 1.82) is 0 Å². The van der Waals surface area contributed by atoms with Crippen molar-refractivity contribution in [3.8, 4) is 0 Å². The lowest BCUT2D eigenvalue weighted by atomic mass is 10.1. The summed E-state index contributed by atoms with van der Waals surface area (Å²) in [4.78, 5) is 10.6. The van der Waals surface area contributed by atoms with Gasteiger partial charge in [-0.3, -0.25) is 10.1 Å². The molecule has 0 bridgehead atoms. The number of hydrogen-bond acceptors (Lipinski definition) is 3. The smallest absolute Gasteiger partial charge is 0.292 e. The van der Waals surface area contributed by atoms with E-state index in [9.17, 15) is 10.1 Å². The molecule has 1 aromatic carbocycles. The zero-order chi connectivity index (χ0) is 12.8. The van der Waals surface area contributed by atoms with Gasteiger partial charge in [0.1, 0.15) is 5.69 Å². The van der Waals surface area contributed by atoms with E-state index in [1.54, 1.807) is 12.1 Å². The van der Waals surface area contributed by atoms with Crippen LogP contribution in [0.25, 0.3) is 0 Å². The predicted octanol–water partition coefficient (Wildman–Crippen LogP) is 3.89. The number of anilines is 1. The Bertz CT molecular complexity index is 391. The van der Waals surface area contributed by atoms with Crippen molar-refractivity contribution >= 4 is 11.4 Å². The maximum Gasteiger partial charge on any atom is 0.292 e. The van der Waals surface area contributed by atoms with Gasteiger partial charge in [-0.05, 0) is 31.9 Å². The molecule has 1 unspecified atom stereocenters. The Kier molecular flexibility index (Phi) is 4.94. The summed E-state index contributed by atoms with van der Waals surface area (Å²) >= 11 is 0. The highest BCUT2D eigenvalue weighted by atomic mass is 16.6. The van der Waals surface area contributed by atoms with Gasteiger partial charge in [-0.1, -0.05) is 25.8 Å². The number of rotatable bonds is 6. The van der Waals surface area contributed by atoms with Gasteiger partial charge in [0.25, 0.3) is 5.69 Å². The number of unbranched alkanes of at least 4 members (excludes halogenated alkanes) is 1. The molecule has 1 atom stereocenters. The summed E-state index contributed by atoms with van der Waals surface area (Å²) in [5.74, 6) is 0. The summed E-state index contributed by atoms with van der Waals surface area (Å²) in [5, 5.41) is 14.1. The fraction of sp³-hybridized carbons (Fsp3) is 0.538. The van der Waals surface area contributed by atoms with Gasteiger partial charge in [-0.2, -0.15) is 0 Å². The largest absolute Gasteiger partial charge is 0.377 e. The first-order chi connectivity index (χ1) is 8.04. The number of nitro benzene ring substituents is 1. The van der Waals surface area contributed by atoms with Crippen molar-refractivity contribution < 1.29 is 4.92 Å². The summed E-state index contributed by atoms with van der Waals surface area (Å²) in [6.45, 7) is 6.05. The van der Waals surface area contributed by atoms with Crippen LogP contribution >= 0.6 is 0 Å². The molecule has 0 radical (unpaired) electrons. The SMILES string of the molecule is CCCCC(C)Nc1ccc(C)cc1[N+](=O)[O-]. The van der Waals surface area contributed by atoms with Gasteiger partial charge in [0.05, 0.1) is 4.92 Å². The molecule has 0 saturated heterocycles. The first-order valence-electron chi connectivity index (χ1n) is 6.06. The molecule has 0 aromatic heterocycles. The molecule has 0 amide bonds. The standard InChI is InChI=1S/C13H20N2O2/c1-4-5-6-11(3)14-12-8-7-10(2)9-13(12)15(16)17/h7-9,11,14H,4-6H2,1-3H3. The van der Waals surface area contributed by atoms with Crippen LogP contribution in [0.3, 0.4) is 0 Å². The third kappa shape index (κ3) is 4.06. The molecule has 1 aromatic rings. The first-order valence-corrected chi connectivity index (χ1v) is 6.06. The maximum absolute atomic E-state index is 10.9. The average molecular weight is 236 g/mol. The van der Waals surface area contributed by atoms with Crippen molar-refractivity contribution in [2.75, 3.05) is 5.32 Å². The summed E-state index contributed by atoms with van der Waals surface area (Å²) < 4.78 is 0. The molecule has 1 N–H and O–H groups in total. The van der Waals surface area contributed by atoms with Crippen molar-refractivity contribution in [3.63, 3.8) is 0 Å². The van der Waals surface area contributed by atoms with E-state index in [0.29, 0.717) is 5.69 Å². The second-order valence-corrected chi connectivity index (χ2v) is 4.47. The Hall–Kier alpha value is -1.58. The lowest BCUT2D eigenvalue weighted by Gasteiger charge is -2.15. The van der Waals surface area contributed by atoms with E-state index in [1.165, 1.54) is 0 Å². The Morgan fingerprint density at radius 3 is 2.76 bits per heavy atom. The highest BCUT2D eigenvalue weighted by Crippen LogP contribution is 2.26. The van der Waals surface area contributed by atoms with Crippen LogP contribution in [0.5, 0.6) is 0 Å². The lowest BCUT2D eigenvalue weighted by molar-refractivity contribution is -0.384. The monoisotopic (exact) mass is 236 g/mol.